The van der Waals surface area contributed by atoms with E-state index in [2.05, 4.69) is 9.97 Å². The SMILES string of the molecule is O=C(O)c1cc(F)ccc1CSc1cnccn1. The fourth-order valence-corrected chi connectivity index (χ4v) is 2.21. The Morgan fingerprint density at radius 1 is 1.39 bits per heavy atom. The summed E-state index contributed by atoms with van der Waals surface area (Å²) in [4.78, 5) is 19.0. The number of benzene rings is 1. The fraction of sp³-hybridized carbons (Fsp3) is 0.0833. The van der Waals surface area contributed by atoms with Crippen LogP contribution in [0, 0.1) is 5.82 Å². The first-order valence-corrected chi connectivity index (χ1v) is 6.06. The van der Waals surface area contributed by atoms with Crippen LogP contribution in [0.1, 0.15) is 15.9 Å². The maximum absolute atomic E-state index is 13.0. The third-order valence-electron chi connectivity index (χ3n) is 2.22. The van der Waals surface area contributed by atoms with Crippen molar-refractivity contribution < 1.29 is 14.3 Å². The molecule has 0 spiro atoms. The van der Waals surface area contributed by atoms with E-state index >= 15 is 0 Å². The molecule has 0 saturated heterocycles. The smallest absolute Gasteiger partial charge is 0.336 e. The first-order chi connectivity index (χ1) is 8.66. The largest absolute Gasteiger partial charge is 0.478 e. The Bertz CT molecular complexity index is 563. The number of carboxylic acids is 1. The molecule has 1 N–H and O–H groups in total. The number of nitrogens with zero attached hydrogens (tertiary/aromatic N) is 2. The molecule has 0 saturated carbocycles. The van der Waals surface area contributed by atoms with Gasteiger partial charge in [-0.2, -0.15) is 0 Å². The number of hydrogen-bond acceptors (Lipinski definition) is 4. The Kier molecular flexibility index (Phi) is 3.88. The standard InChI is InChI=1S/C12H9FN2O2S/c13-9-2-1-8(10(5-9)12(16)17)7-18-11-6-14-3-4-15-11/h1-6H,7H2,(H,16,17). The predicted octanol–water partition coefficient (Wildman–Crippen LogP) is 2.61. The monoisotopic (exact) mass is 264 g/mol. The van der Waals surface area contributed by atoms with E-state index in [1.54, 1.807) is 18.6 Å². The Balaban J connectivity index is 2.17. The number of carbonyl (C=O) groups is 1. The van der Waals surface area contributed by atoms with Crippen molar-refractivity contribution in [3.8, 4) is 0 Å². The molecule has 4 nitrogen and oxygen atoms in total. The van der Waals surface area contributed by atoms with E-state index in [-0.39, 0.29) is 5.56 Å². The van der Waals surface area contributed by atoms with Crippen LogP contribution in [0.15, 0.2) is 41.8 Å². The summed E-state index contributed by atoms with van der Waals surface area (Å²) < 4.78 is 13.0. The molecule has 0 aliphatic carbocycles. The highest BCUT2D eigenvalue weighted by molar-refractivity contribution is 7.98. The summed E-state index contributed by atoms with van der Waals surface area (Å²) in [5.41, 5.74) is 0.533. The van der Waals surface area contributed by atoms with Crippen LogP contribution in [-0.4, -0.2) is 21.0 Å². The summed E-state index contributed by atoms with van der Waals surface area (Å²) in [6, 6.07) is 3.75. The molecule has 2 aromatic rings. The van der Waals surface area contributed by atoms with Gasteiger partial charge in [0.25, 0.3) is 0 Å². The quantitative estimate of drug-likeness (QED) is 0.860. The van der Waals surface area contributed by atoms with E-state index in [0.717, 1.165) is 6.07 Å². The molecule has 18 heavy (non-hydrogen) atoms. The number of thioether (sulfide) groups is 1. The van der Waals surface area contributed by atoms with Crippen molar-refractivity contribution in [1.29, 1.82) is 0 Å². The molecule has 0 aliphatic rings. The topological polar surface area (TPSA) is 63.1 Å². The van der Waals surface area contributed by atoms with Gasteiger partial charge < -0.3 is 5.11 Å². The number of rotatable bonds is 4. The molecule has 0 fully saturated rings. The highest BCUT2D eigenvalue weighted by Crippen LogP contribution is 2.22. The lowest BCUT2D eigenvalue weighted by molar-refractivity contribution is 0.0695. The maximum Gasteiger partial charge on any atom is 0.336 e. The van der Waals surface area contributed by atoms with Crippen LogP contribution in [0.5, 0.6) is 0 Å². The van der Waals surface area contributed by atoms with E-state index in [0.29, 0.717) is 16.3 Å². The van der Waals surface area contributed by atoms with Crippen molar-refractivity contribution in [3.63, 3.8) is 0 Å². The number of aromatic nitrogens is 2. The number of halogens is 1. The minimum absolute atomic E-state index is 0.0219. The summed E-state index contributed by atoms with van der Waals surface area (Å²) >= 11 is 1.35. The average Bonchev–Trinajstić information content (AvgIpc) is 2.38. The second-order valence-electron chi connectivity index (χ2n) is 3.44. The minimum Gasteiger partial charge on any atom is -0.478 e. The van der Waals surface area contributed by atoms with Gasteiger partial charge in [0.05, 0.1) is 11.8 Å². The van der Waals surface area contributed by atoms with Gasteiger partial charge in [0.2, 0.25) is 0 Å². The number of aromatic carboxylic acids is 1. The first kappa shape index (κ1) is 12.5. The van der Waals surface area contributed by atoms with Crippen molar-refractivity contribution in [2.75, 3.05) is 0 Å². The molecule has 0 amide bonds. The van der Waals surface area contributed by atoms with Gasteiger partial charge in [0, 0.05) is 18.1 Å². The van der Waals surface area contributed by atoms with Gasteiger partial charge in [0.1, 0.15) is 10.8 Å². The summed E-state index contributed by atoms with van der Waals surface area (Å²) in [5.74, 6) is -1.29. The first-order valence-electron chi connectivity index (χ1n) is 5.07. The van der Waals surface area contributed by atoms with Crippen molar-refractivity contribution in [2.45, 2.75) is 10.8 Å². The van der Waals surface area contributed by atoms with Gasteiger partial charge in [-0.05, 0) is 17.7 Å². The molecule has 0 bridgehead atoms. The predicted molar refractivity (Wildman–Crippen MR) is 65.0 cm³/mol. The van der Waals surface area contributed by atoms with Crippen LogP contribution >= 0.6 is 11.8 Å². The van der Waals surface area contributed by atoms with Gasteiger partial charge in [-0.15, -0.1) is 11.8 Å². The fourth-order valence-electron chi connectivity index (χ4n) is 1.39. The zero-order valence-electron chi connectivity index (χ0n) is 9.21. The van der Waals surface area contributed by atoms with Crippen molar-refractivity contribution >= 4 is 17.7 Å². The molecular weight excluding hydrogens is 255 g/mol. The Morgan fingerprint density at radius 3 is 2.89 bits per heavy atom. The number of hydrogen-bond donors (Lipinski definition) is 1. The molecule has 1 aromatic heterocycles. The summed E-state index contributed by atoms with van der Waals surface area (Å²) in [6.07, 6.45) is 4.71. The lowest BCUT2D eigenvalue weighted by Crippen LogP contribution is -2.02. The van der Waals surface area contributed by atoms with Crippen LogP contribution < -0.4 is 0 Å². The molecule has 0 radical (unpaired) electrons. The molecule has 0 unspecified atom stereocenters. The average molecular weight is 264 g/mol. The van der Waals surface area contributed by atoms with Crippen molar-refractivity contribution in [2.24, 2.45) is 0 Å². The minimum atomic E-state index is -1.13. The molecule has 0 aliphatic heterocycles. The van der Waals surface area contributed by atoms with Gasteiger partial charge in [0.15, 0.2) is 0 Å². The molecular formula is C12H9FN2O2S. The number of carboxylic acid groups (broad SMARTS) is 1. The van der Waals surface area contributed by atoms with Crippen LogP contribution in [0.25, 0.3) is 0 Å². The van der Waals surface area contributed by atoms with E-state index < -0.39 is 11.8 Å². The van der Waals surface area contributed by atoms with Gasteiger partial charge in [-0.1, -0.05) is 6.07 Å². The van der Waals surface area contributed by atoms with Crippen LogP contribution in [0.4, 0.5) is 4.39 Å². The zero-order chi connectivity index (χ0) is 13.0. The molecule has 1 heterocycles. The third-order valence-corrected chi connectivity index (χ3v) is 3.18. The lowest BCUT2D eigenvalue weighted by atomic mass is 10.1. The molecule has 2 rings (SSSR count). The summed E-state index contributed by atoms with van der Waals surface area (Å²) in [7, 11) is 0. The van der Waals surface area contributed by atoms with E-state index in [9.17, 15) is 9.18 Å². The Hall–Kier alpha value is -1.95. The Morgan fingerprint density at radius 2 is 2.22 bits per heavy atom. The highest BCUT2D eigenvalue weighted by Gasteiger charge is 2.11. The summed E-state index contributed by atoms with van der Waals surface area (Å²) in [6.45, 7) is 0. The Labute approximate surface area is 107 Å². The highest BCUT2D eigenvalue weighted by atomic mass is 32.2. The van der Waals surface area contributed by atoms with Crippen LogP contribution in [0.2, 0.25) is 0 Å². The second-order valence-corrected chi connectivity index (χ2v) is 4.43. The van der Waals surface area contributed by atoms with Gasteiger partial charge >= 0.3 is 5.97 Å². The van der Waals surface area contributed by atoms with E-state index in [4.69, 9.17) is 5.11 Å². The lowest BCUT2D eigenvalue weighted by Gasteiger charge is -2.05. The maximum atomic E-state index is 13.0. The van der Waals surface area contributed by atoms with Crippen molar-refractivity contribution in [3.05, 3.63) is 53.7 Å². The normalized spacial score (nSPS) is 10.3. The van der Waals surface area contributed by atoms with E-state index in [1.807, 2.05) is 0 Å². The molecule has 92 valence electrons. The van der Waals surface area contributed by atoms with Gasteiger partial charge in [-0.25, -0.2) is 14.2 Å². The van der Waals surface area contributed by atoms with Crippen molar-refractivity contribution in [1.82, 2.24) is 9.97 Å². The van der Waals surface area contributed by atoms with E-state index in [1.165, 1.54) is 23.9 Å². The summed E-state index contributed by atoms with van der Waals surface area (Å²) in [5, 5.41) is 9.68. The van der Waals surface area contributed by atoms with Crippen LogP contribution in [-0.2, 0) is 5.75 Å². The second kappa shape index (κ2) is 5.59. The zero-order valence-corrected chi connectivity index (χ0v) is 10.0. The molecule has 0 atom stereocenters. The van der Waals surface area contributed by atoms with Crippen LogP contribution in [0.3, 0.4) is 0 Å². The molecule has 6 heteroatoms. The third kappa shape index (κ3) is 3.04. The van der Waals surface area contributed by atoms with Gasteiger partial charge in [-0.3, -0.25) is 4.98 Å². The molecule has 1 aromatic carbocycles.